The van der Waals surface area contributed by atoms with Crippen LogP contribution in [0.25, 0.3) is 0 Å². The molecule has 0 radical (unpaired) electrons. The van der Waals surface area contributed by atoms with Crippen LogP contribution in [0.1, 0.15) is 56.1 Å². The quantitative estimate of drug-likeness (QED) is 0.474. The monoisotopic (exact) mass is 505 g/mol. The lowest BCUT2D eigenvalue weighted by molar-refractivity contribution is 0.0187. The van der Waals surface area contributed by atoms with Crippen molar-refractivity contribution in [3.63, 3.8) is 0 Å². The predicted molar refractivity (Wildman–Crippen MR) is 147 cm³/mol. The maximum absolute atomic E-state index is 13.9. The number of benzene rings is 2. The van der Waals surface area contributed by atoms with Gasteiger partial charge in [-0.2, -0.15) is 0 Å². The van der Waals surface area contributed by atoms with Crippen molar-refractivity contribution in [1.29, 1.82) is 0 Å². The first kappa shape index (κ1) is 26.1. The van der Waals surface area contributed by atoms with Gasteiger partial charge in [-0.15, -0.1) is 0 Å². The van der Waals surface area contributed by atoms with E-state index in [1.165, 1.54) is 5.56 Å². The van der Waals surface area contributed by atoms with E-state index in [9.17, 15) is 4.79 Å². The van der Waals surface area contributed by atoms with Crippen LogP contribution in [0.15, 0.2) is 54.6 Å². The van der Waals surface area contributed by atoms with Gasteiger partial charge in [0.1, 0.15) is 5.75 Å². The highest BCUT2D eigenvalue weighted by Crippen LogP contribution is 2.49. The normalized spacial score (nSPS) is 26.9. The molecular formula is C31H43N3O3. The Hall–Kier alpha value is -2.57. The third-order valence-electron chi connectivity index (χ3n) is 9.37. The van der Waals surface area contributed by atoms with Crippen molar-refractivity contribution in [2.45, 2.75) is 62.6 Å². The Labute approximate surface area is 222 Å². The maximum Gasteiger partial charge on any atom is 0.320 e. The molecule has 1 saturated carbocycles. The van der Waals surface area contributed by atoms with Gasteiger partial charge in [0.15, 0.2) is 0 Å². The SMILES string of the molecule is COc1ccc(CN2C[C@]3(CC[C@@](c4ccccc4)(N(C)C)CC3)N(CCC3CCOCC3)C2=O)cc1. The van der Waals surface area contributed by atoms with Crippen molar-refractivity contribution in [3.8, 4) is 5.75 Å². The highest BCUT2D eigenvalue weighted by atomic mass is 16.5. The molecule has 1 aliphatic carbocycles. The molecule has 6 nitrogen and oxygen atoms in total. The van der Waals surface area contributed by atoms with E-state index >= 15 is 0 Å². The van der Waals surface area contributed by atoms with Gasteiger partial charge in [0.05, 0.1) is 12.6 Å². The Morgan fingerprint density at radius 1 is 0.973 bits per heavy atom. The minimum absolute atomic E-state index is 0.0192. The standard InChI is InChI=1S/C31H43N3O3/c1-32(2)31(27-7-5-4-6-8-27)18-16-30(17-19-31)24-33(23-26-9-11-28(36-3)12-10-26)29(35)34(30)20-13-25-14-21-37-22-15-25/h4-12,25H,13-24H2,1-3H3/t30-,31-. The zero-order valence-corrected chi connectivity index (χ0v) is 22.8. The summed E-state index contributed by atoms with van der Waals surface area (Å²) < 4.78 is 10.9. The molecule has 0 unspecified atom stereocenters. The average Bonchev–Trinajstić information content (AvgIpc) is 3.19. The van der Waals surface area contributed by atoms with E-state index < -0.39 is 0 Å². The lowest BCUT2D eigenvalue weighted by Crippen LogP contribution is -2.55. The predicted octanol–water partition coefficient (Wildman–Crippen LogP) is 5.52. The fourth-order valence-electron chi connectivity index (χ4n) is 6.94. The number of methoxy groups -OCH3 is 1. The molecule has 200 valence electrons. The van der Waals surface area contributed by atoms with E-state index in [-0.39, 0.29) is 17.1 Å². The molecule has 0 N–H and O–H groups in total. The highest BCUT2D eigenvalue weighted by Gasteiger charge is 2.54. The molecule has 6 heteroatoms. The van der Waals surface area contributed by atoms with Gasteiger partial charge < -0.3 is 19.3 Å². The molecular weight excluding hydrogens is 462 g/mol. The largest absolute Gasteiger partial charge is 0.497 e. The van der Waals surface area contributed by atoms with E-state index in [0.717, 1.165) is 82.6 Å². The van der Waals surface area contributed by atoms with Gasteiger partial charge in [-0.3, -0.25) is 4.90 Å². The fraction of sp³-hybridized carbons (Fsp3) is 0.581. The van der Waals surface area contributed by atoms with Crippen LogP contribution in [0.2, 0.25) is 0 Å². The zero-order chi connectivity index (χ0) is 25.9. The highest BCUT2D eigenvalue weighted by molar-refractivity contribution is 5.78. The summed E-state index contributed by atoms with van der Waals surface area (Å²) in [7, 11) is 6.11. The average molecular weight is 506 g/mol. The van der Waals surface area contributed by atoms with Gasteiger partial charge in [0, 0.05) is 38.4 Å². The number of carbonyl (C=O) groups is 1. The Balaban J connectivity index is 1.37. The molecule has 1 spiro atoms. The molecule has 2 saturated heterocycles. The summed E-state index contributed by atoms with van der Waals surface area (Å²) in [5, 5.41) is 0. The Bertz CT molecular complexity index is 1030. The Kier molecular flexibility index (Phi) is 7.77. The summed E-state index contributed by atoms with van der Waals surface area (Å²) in [5.41, 5.74) is 2.47. The lowest BCUT2D eigenvalue weighted by atomic mass is 9.68. The fourth-order valence-corrected chi connectivity index (χ4v) is 6.94. The lowest BCUT2D eigenvalue weighted by Gasteiger charge is -2.51. The van der Waals surface area contributed by atoms with Crippen LogP contribution < -0.4 is 4.74 Å². The Morgan fingerprint density at radius 2 is 1.65 bits per heavy atom. The summed E-state index contributed by atoms with van der Waals surface area (Å²) in [6.07, 6.45) is 7.47. The van der Waals surface area contributed by atoms with Crippen molar-refractivity contribution < 1.29 is 14.3 Å². The first-order chi connectivity index (χ1) is 18.0. The van der Waals surface area contributed by atoms with Crippen molar-refractivity contribution in [1.82, 2.24) is 14.7 Å². The second kappa shape index (κ2) is 11.0. The van der Waals surface area contributed by atoms with E-state index in [4.69, 9.17) is 9.47 Å². The van der Waals surface area contributed by atoms with Gasteiger partial charge in [0.25, 0.3) is 0 Å². The van der Waals surface area contributed by atoms with E-state index in [1.54, 1.807) is 7.11 Å². The summed E-state index contributed by atoms with van der Waals surface area (Å²) in [5.74, 6) is 1.50. The molecule has 2 aromatic carbocycles. The maximum atomic E-state index is 13.9. The molecule has 0 atom stereocenters. The molecule has 5 rings (SSSR count). The number of nitrogens with zero attached hydrogens (tertiary/aromatic N) is 3. The molecule has 2 aromatic rings. The van der Waals surface area contributed by atoms with E-state index in [2.05, 4.69) is 71.3 Å². The minimum Gasteiger partial charge on any atom is -0.497 e. The number of urea groups is 1. The van der Waals surface area contributed by atoms with Gasteiger partial charge >= 0.3 is 6.03 Å². The number of hydrogen-bond donors (Lipinski definition) is 0. The summed E-state index contributed by atoms with van der Waals surface area (Å²) in [6, 6.07) is 19.3. The summed E-state index contributed by atoms with van der Waals surface area (Å²) >= 11 is 0. The second-order valence-corrected chi connectivity index (χ2v) is 11.5. The summed E-state index contributed by atoms with van der Waals surface area (Å²) in [6.45, 7) is 4.02. The number of ether oxygens (including phenoxy) is 2. The molecule has 2 aliphatic heterocycles. The number of carbonyl (C=O) groups excluding carboxylic acids is 1. The molecule has 3 fully saturated rings. The third kappa shape index (κ3) is 5.23. The van der Waals surface area contributed by atoms with E-state index in [0.29, 0.717) is 12.5 Å². The van der Waals surface area contributed by atoms with Crippen LogP contribution in [-0.2, 0) is 16.8 Å². The second-order valence-electron chi connectivity index (χ2n) is 11.5. The zero-order valence-electron chi connectivity index (χ0n) is 22.8. The minimum atomic E-state index is -0.0942. The first-order valence-corrected chi connectivity index (χ1v) is 14.0. The van der Waals surface area contributed by atoms with Crippen molar-refractivity contribution in [2.75, 3.05) is 47.5 Å². The van der Waals surface area contributed by atoms with Gasteiger partial charge in [-0.1, -0.05) is 42.5 Å². The first-order valence-electron chi connectivity index (χ1n) is 14.0. The van der Waals surface area contributed by atoms with Crippen LogP contribution in [-0.4, -0.2) is 73.8 Å². The Morgan fingerprint density at radius 3 is 2.27 bits per heavy atom. The van der Waals surface area contributed by atoms with Gasteiger partial charge in [0.2, 0.25) is 0 Å². The van der Waals surface area contributed by atoms with Gasteiger partial charge in [-0.05, 0) is 88.2 Å². The van der Waals surface area contributed by atoms with Crippen LogP contribution in [0.3, 0.4) is 0 Å². The number of hydrogen-bond acceptors (Lipinski definition) is 4. The van der Waals surface area contributed by atoms with Crippen molar-refractivity contribution in [2.24, 2.45) is 5.92 Å². The van der Waals surface area contributed by atoms with Crippen LogP contribution in [0.5, 0.6) is 5.75 Å². The summed E-state index contributed by atoms with van der Waals surface area (Å²) in [4.78, 5) is 20.7. The molecule has 2 heterocycles. The van der Waals surface area contributed by atoms with Crippen LogP contribution in [0.4, 0.5) is 4.79 Å². The van der Waals surface area contributed by atoms with Gasteiger partial charge in [-0.25, -0.2) is 4.79 Å². The number of amides is 2. The van der Waals surface area contributed by atoms with E-state index in [1.807, 2.05) is 12.1 Å². The van der Waals surface area contributed by atoms with Crippen LogP contribution in [0, 0.1) is 5.92 Å². The third-order valence-corrected chi connectivity index (χ3v) is 9.37. The van der Waals surface area contributed by atoms with Crippen molar-refractivity contribution in [3.05, 3.63) is 65.7 Å². The molecule has 0 bridgehead atoms. The smallest absolute Gasteiger partial charge is 0.320 e. The van der Waals surface area contributed by atoms with Crippen LogP contribution >= 0.6 is 0 Å². The molecule has 2 amide bonds. The van der Waals surface area contributed by atoms with Crippen molar-refractivity contribution >= 4 is 6.03 Å². The molecule has 3 aliphatic rings. The molecule has 0 aromatic heterocycles. The molecule has 37 heavy (non-hydrogen) atoms. The topological polar surface area (TPSA) is 45.2 Å². The number of rotatable bonds is 8.